The number of ether oxygens (including phenoxy) is 1. The van der Waals surface area contributed by atoms with Crippen LogP contribution in [0.2, 0.25) is 0 Å². The molecule has 1 unspecified atom stereocenters. The maximum absolute atomic E-state index is 12.3. The second kappa shape index (κ2) is 6.87. The maximum atomic E-state index is 12.3. The van der Waals surface area contributed by atoms with E-state index >= 15 is 0 Å². The number of aliphatic hydroxyl groups excluding tert-OH is 1. The Kier molecular flexibility index (Phi) is 5.12. The van der Waals surface area contributed by atoms with Gasteiger partial charge in [-0.15, -0.1) is 13.2 Å². The Morgan fingerprint density at radius 3 is 2.77 bits per heavy atom. The number of halogens is 3. The van der Waals surface area contributed by atoms with Gasteiger partial charge in [0.25, 0.3) is 0 Å². The van der Waals surface area contributed by atoms with Crippen LogP contribution in [0.15, 0.2) is 24.3 Å². The van der Waals surface area contributed by atoms with E-state index in [1.165, 1.54) is 23.1 Å². The first-order chi connectivity index (χ1) is 10.4. The van der Waals surface area contributed by atoms with Gasteiger partial charge in [0.1, 0.15) is 5.75 Å². The predicted octanol–water partition coefficient (Wildman–Crippen LogP) is 2.11. The third-order valence-corrected chi connectivity index (χ3v) is 3.46. The molecule has 1 aliphatic rings. The van der Waals surface area contributed by atoms with E-state index in [1.54, 1.807) is 6.07 Å². The number of nitrogens with one attached hydrogen (secondary N) is 1. The van der Waals surface area contributed by atoms with Crippen molar-refractivity contribution in [3.05, 3.63) is 29.8 Å². The van der Waals surface area contributed by atoms with E-state index in [0.29, 0.717) is 13.1 Å². The van der Waals surface area contributed by atoms with Gasteiger partial charge in [0.2, 0.25) is 0 Å². The average Bonchev–Trinajstić information content (AvgIpc) is 2.93. The third-order valence-electron chi connectivity index (χ3n) is 3.46. The molecule has 1 saturated heterocycles. The number of carbonyl (C=O) groups is 1. The summed E-state index contributed by atoms with van der Waals surface area (Å²) in [6.45, 7) is 0.929. The van der Waals surface area contributed by atoms with Crippen molar-refractivity contribution in [2.45, 2.75) is 19.3 Å². The number of likely N-dealkylation sites (tertiary alicyclic amines) is 1. The van der Waals surface area contributed by atoms with Crippen LogP contribution in [-0.2, 0) is 6.54 Å². The lowest BCUT2D eigenvalue weighted by atomic mass is 10.1. The summed E-state index contributed by atoms with van der Waals surface area (Å²) in [5.41, 5.74) is 0.242. The molecule has 0 bridgehead atoms. The first kappa shape index (κ1) is 16.4. The number of aliphatic hydroxyl groups is 1. The summed E-state index contributed by atoms with van der Waals surface area (Å²) < 4.78 is 40.8. The summed E-state index contributed by atoms with van der Waals surface area (Å²) in [6.07, 6.45) is -4.05. The van der Waals surface area contributed by atoms with E-state index in [4.69, 9.17) is 5.11 Å². The second-order valence-corrected chi connectivity index (χ2v) is 5.10. The topological polar surface area (TPSA) is 61.8 Å². The zero-order valence-electron chi connectivity index (χ0n) is 11.8. The van der Waals surface area contributed by atoms with Gasteiger partial charge in [-0.05, 0) is 12.5 Å². The molecule has 1 heterocycles. The summed E-state index contributed by atoms with van der Waals surface area (Å²) in [4.78, 5) is 13.5. The Bertz CT molecular complexity index is 522. The van der Waals surface area contributed by atoms with Gasteiger partial charge >= 0.3 is 12.4 Å². The lowest BCUT2D eigenvalue weighted by molar-refractivity contribution is -0.274. The molecular weight excluding hydrogens is 301 g/mol. The van der Waals surface area contributed by atoms with E-state index in [-0.39, 0.29) is 36.4 Å². The number of carbonyl (C=O) groups excluding carboxylic acids is 1. The molecule has 0 radical (unpaired) electrons. The molecule has 1 atom stereocenters. The molecule has 2 rings (SSSR count). The number of urea groups is 1. The molecule has 2 amide bonds. The van der Waals surface area contributed by atoms with Gasteiger partial charge in [-0.2, -0.15) is 0 Å². The number of hydrogen-bond acceptors (Lipinski definition) is 3. The van der Waals surface area contributed by atoms with Crippen molar-refractivity contribution < 1.29 is 27.8 Å². The first-order valence-corrected chi connectivity index (χ1v) is 6.86. The van der Waals surface area contributed by atoms with Crippen molar-refractivity contribution in [2.24, 2.45) is 5.92 Å². The van der Waals surface area contributed by atoms with Crippen LogP contribution in [-0.4, -0.2) is 42.1 Å². The zero-order valence-corrected chi connectivity index (χ0v) is 11.8. The second-order valence-electron chi connectivity index (χ2n) is 5.10. The van der Waals surface area contributed by atoms with Crippen LogP contribution in [0.25, 0.3) is 0 Å². The van der Waals surface area contributed by atoms with Gasteiger partial charge in [0, 0.05) is 37.7 Å². The summed E-state index contributed by atoms with van der Waals surface area (Å²) in [6, 6.07) is 5.30. The summed E-state index contributed by atoms with van der Waals surface area (Å²) in [5.74, 6) is -0.267. The van der Waals surface area contributed by atoms with Crippen molar-refractivity contribution >= 4 is 6.03 Å². The van der Waals surface area contributed by atoms with Crippen LogP contribution in [0.4, 0.5) is 18.0 Å². The van der Waals surface area contributed by atoms with Crippen molar-refractivity contribution in [3.8, 4) is 5.75 Å². The number of rotatable bonds is 4. The van der Waals surface area contributed by atoms with Gasteiger partial charge in [0.05, 0.1) is 0 Å². The van der Waals surface area contributed by atoms with Gasteiger partial charge in [-0.1, -0.05) is 18.2 Å². The molecule has 22 heavy (non-hydrogen) atoms. The van der Waals surface area contributed by atoms with Crippen LogP contribution in [0, 0.1) is 5.92 Å². The SMILES string of the molecule is O=C(NCc1ccccc1OC(F)(F)F)N1CCC(CO)C1. The Morgan fingerprint density at radius 1 is 1.41 bits per heavy atom. The Hall–Kier alpha value is -1.96. The van der Waals surface area contributed by atoms with Crippen molar-refractivity contribution in [3.63, 3.8) is 0 Å². The molecule has 0 saturated carbocycles. The monoisotopic (exact) mass is 318 g/mol. The summed E-state index contributed by atoms with van der Waals surface area (Å²) >= 11 is 0. The van der Waals surface area contributed by atoms with Gasteiger partial charge in [0.15, 0.2) is 0 Å². The van der Waals surface area contributed by atoms with Crippen molar-refractivity contribution in [2.75, 3.05) is 19.7 Å². The Morgan fingerprint density at radius 2 is 2.14 bits per heavy atom. The molecule has 122 valence electrons. The molecule has 2 N–H and O–H groups in total. The van der Waals surface area contributed by atoms with E-state index in [9.17, 15) is 18.0 Å². The third kappa shape index (κ3) is 4.52. The molecule has 0 aromatic heterocycles. The summed E-state index contributed by atoms with van der Waals surface area (Å²) in [7, 11) is 0. The fourth-order valence-electron chi connectivity index (χ4n) is 2.32. The lowest BCUT2D eigenvalue weighted by Crippen LogP contribution is -2.38. The Balaban J connectivity index is 1.93. The molecule has 1 aliphatic heterocycles. The predicted molar refractivity (Wildman–Crippen MR) is 72.1 cm³/mol. The molecule has 1 aromatic rings. The molecular formula is C14H17F3N2O3. The first-order valence-electron chi connectivity index (χ1n) is 6.86. The fourth-order valence-corrected chi connectivity index (χ4v) is 2.32. The molecule has 5 nitrogen and oxygen atoms in total. The Labute approximate surface area is 125 Å². The lowest BCUT2D eigenvalue weighted by Gasteiger charge is -2.18. The minimum absolute atomic E-state index is 0.0199. The standard InChI is InChI=1S/C14H17F3N2O3/c15-14(16,17)22-12-4-2-1-3-11(12)7-18-13(21)19-6-5-10(8-19)9-20/h1-4,10,20H,5-9H2,(H,18,21). The number of benzene rings is 1. The molecule has 0 aliphatic carbocycles. The van der Waals surface area contributed by atoms with E-state index in [1.807, 2.05) is 0 Å². The van der Waals surface area contributed by atoms with Gasteiger partial charge in [-0.25, -0.2) is 4.79 Å². The minimum Gasteiger partial charge on any atom is -0.405 e. The van der Waals surface area contributed by atoms with Crippen LogP contribution in [0.1, 0.15) is 12.0 Å². The van der Waals surface area contributed by atoms with Crippen LogP contribution >= 0.6 is 0 Å². The normalized spacial score (nSPS) is 18.4. The smallest absolute Gasteiger partial charge is 0.405 e. The number of hydrogen-bond donors (Lipinski definition) is 2. The maximum Gasteiger partial charge on any atom is 0.573 e. The molecule has 1 aromatic carbocycles. The molecule has 0 spiro atoms. The summed E-state index contributed by atoms with van der Waals surface area (Å²) in [5, 5.41) is 11.6. The van der Waals surface area contributed by atoms with Crippen molar-refractivity contribution in [1.82, 2.24) is 10.2 Å². The van der Waals surface area contributed by atoms with Crippen LogP contribution in [0.3, 0.4) is 0 Å². The van der Waals surface area contributed by atoms with E-state index < -0.39 is 6.36 Å². The minimum atomic E-state index is -4.77. The van der Waals surface area contributed by atoms with Crippen LogP contribution < -0.4 is 10.1 Å². The quantitative estimate of drug-likeness (QED) is 0.894. The van der Waals surface area contributed by atoms with Gasteiger partial charge in [-0.3, -0.25) is 0 Å². The number of amides is 2. The molecule has 1 fully saturated rings. The highest BCUT2D eigenvalue weighted by Crippen LogP contribution is 2.26. The average molecular weight is 318 g/mol. The van der Waals surface area contributed by atoms with E-state index in [2.05, 4.69) is 10.1 Å². The number of para-hydroxylation sites is 1. The van der Waals surface area contributed by atoms with E-state index in [0.717, 1.165) is 6.42 Å². The molecule has 8 heteroatoms. The zero-order chi connectivity index (χ0) is 16.2. The number of alkyl halides is 3. The largest absolute Gasteiger partial charge is 0.573 e. The number of nitrogens with zero attached hydrogens (tertiary/aromatic N) is 1. The fraction of sp³-hybridized carbons (Fsp3) is 0.500. The van der Waals surface area contributed by atoms with Crippen LogP contribution in [0.5, 0.6) is 5.75 Å². The van der Waals surface area contributed by atoms with Gasteiger partial charge < -0.3 is 20.1 Å². The highest BCUT2D eigenvalue weighted by molar-refractivity contribution is 5.74. The highest BCUT2D eigenvalue weighted by Gasteiger charge is 2.32. The highest BCUT2D eigenvalue weighted by atomic mass is 19.4. The van der Waals surface area contributed by atoms with Crippen molar-refractivity contribution in [1.29, 1.82) is 0 Å².